The van der Waals surface area contributed by atoms with Crippen LogP contribution in [0.1, 0.15) is 19.3 Å². The van der Waals surface area contributed by atoms with Crippen molar-refractivity contribution in [2.45, 2.75) is 25.4 Å². The van der Waals surface area contributed by atoms with Gasteiger partial charge >= 0.3 is 0 Å². The van der Waals surface area contributed by atoms with E-state index in [1.54, 1.807) is 0 Å². The molecule has 0 bridgehead atoms. The van der Waals surface area contributed by atoms with Crippen LogP contribution in [0.4, 0.5) is 0 Å². The molecule has 1 saturated carbocycles. The molecule has 0 aromatic carbocycles. The van der Waals surface area contributed by atoms with Crippen LogP contribution in [0.25, 0.3) is 0 Å². The van der Waals surface area contributed by atoms with Gasteiger partial charge in [0.15, 0.2) is 0 Å². The van der Waals surface area contributed by atoms with Crippen LogP contribution in [0.2, 0.25) is 0 Å². The summed E-state index contributed by atoms with van der Waals surface area (Å²) in [6.07, 6.45) is 3.86. The van der Waals surface area contributed by atoms with Crippen molar-refractivity contribution < 1.29 is 4.74 Å². The first-order valence-electron chi connectivity index (χ1n) is 4.23. The average molecular weight is 150 g/mol. The lowest BCUT2D eigenvalue weighted by atomic mass is 9.82. The summed E-state index contributed by atoms with van der Waals surface area (Å²) >= 11 is 0. The Hall–Kier alpha value is -0.560. The van der Waals surface area contributed by atoms with Gasteiger partial charge in [-0.05, 0) is 24.8 Å². The highest BCUT2D eigenvalue weighted by molar-refractivity contribution is 5.16. The third-order valence-electron chi connectivity index (χ3n) is 2.75. The van der Waals surface area contributed by atoms with Gasteiger partial charge in [0.25, 0.3) is 0 Å². The third-order valence-corrected chi connectivity index (χ3v) is 2.75. The van der Waals surface area contributed by atoms with Gasteiger partial charge in [0.05, 0.1) is 12.7 Å². The molecular formula is C10H14O. The lowest BCUT2D eigenvalue weighted by Crippen LogP contribution is -2.21. The highest BCUT2D eigenvalue weighted by atomic mass is 16.5. The Morgan fingerprint density at radius 3 is 3.00 bits per heavy atom. The van der Waals surface area contributed by atoms with Crippen LogP contribution in [-0.2, 0) is 4.74 Å². The number of hydrogen-bond donors (Lipinski definition) is 0. The van der Waals surface area contributed by atoms with Crippen LogP contribution in [0.5, 0.6) is 0 Å². The van der Waals surface area contributed by atoms with Crippen LogP contribution < -0.4 is 0 Å². The van der Waals surface area contributed by atoms with Crippen molar-refractivity contribution >= 4 is 0 Å². The Kier molecular flexibility index (Phi) is 1.61. The van der Waals surface area contributed by atoms with Crippen LogP contribution in [0, 0.1) is 5.92 Å². The summed E-state index contributed by atoms with van der Waals surface area (Å²) in [5, 5.41) is 0. The monoisotopic (exact) mass is 150 g/mol. The molecule has 0 N–H and O–H groups in total. The maximum Gasteiger partial charge on any atom is 0.0682 e. The van der Waals surface area contributed by atoms with E-state index in [1.165, 1.54) is 24.0 Å². The Bertz CT molecular complexity index is 205. The van der Waals surface area contributed by atoms with Crippen molar-refractivity contribution in [1.29, 1.82) is 0 Å². The van der Waals surface area contributed by atoms with Crippen molar-refractivity contribution in [2.75, 3.05) is 6.61 Å². The normalized spacial score (nSPS) is 37.5. The molecule has 60 valence electrons. The van der Waals surface area contributed by atoms with E-state index in [0.29, 0.717) is 12.0 Å². The second-order valence-corrected chi connectivity index (χ2v) is 3.61. The quantitative estimate of drug-likeness (QED) is 0.481. The first-order chi connectivity index (χ1) is 5.27. The summed E-state index contributed by atoms with van der Waals surface area (Å²) in [5.74, 6) is 0.639. The lowest BCUT2D eigenvalue weighted by molar-refractivity contribution is 0.0803. The molecule has 0 aromatic heterocycles. The molecule has 0 radical (unpaired) electrons. The third kappa shape index (κ3) is 1.14. The van der Waals surface area contributed by atoms with Crippen molar-refractivity contribution in [3.05, 3.63) is 24.3 Å². The Morgan fingerprint density at radius 2 is 2.18 bits per heavy atom. The fourth-order valence-corrected chi connectivity index (χ4v) is 2.04. The summed E-state index contributed by atoms with van der Waals surface area (Å²) in [5.41, 5.74) is 2.64. The molecule has 1 heteroatoms. The molecule has 0 spiro atoms. The van der Waals surface area contributed by atoms with Gasteiger partial charge in [0.2, 0.25) is 0 Å². The van der Waals surface area contributed by atoms with E-state index >= 15 is 0 Å². The first-order valence-corrected chi connectivity index (χ1v) is 4.23. The largest absolute Gasteiger partial charge is 0.373 e. The van der Waals surface area contributed by atoms with Gasteiger partial charge in [-0.25, -0.2) is 0 Å². The molecule has 2 rings (SSSR count). The number of ether oxygens (including phenoxy) is 1. The summed E-state index contributed by atoms with van der Waals surface area (Å²) in [6, 6.07) is 0. The van der Waals surface area contributed by atoms with Gasteiger partial charge in [-0.2, -0.15) is 0 Å². The standard InChI is InChI=1S/C10H14O/c1-7-3-4-9-8(2)6-11-10(9)5-7/h9-10H,1-6H2. The topological polar surface area (TPSA) is 9.23 Å². The van der Waals surface area contributed by atoms with E-state index in [0.717, 1.165) is 13.0 Å². The van der Waals surface area contributed by atoms with E-state index in [4.69, 9.17) is 4.74 Å². The highest BCUT2D eigenvalue weighted by Gasteiger charge is 2.34. The number of rotatable bonds is 0. The summed E-state index contributed by atoms with van der Waals surface area (Å²) in [6.45, 7) is 8.78. The van der Waals surface area contributed by atoms with Crippen molar-refractivity contribution in [2.24, 2.45) is 5.92 Å². The highest BCUT2D eigenvalue weighted by Crippen LogP contribution is 2.38. The zero-order chi connectivity index (χ0) is 7.84. The SMILES string of the molecule is C=C1CCC2C(=C)COC2C1. The summed E-state index contributed by atoms with van der Waals surface area (Å²) in [7, 11) is 0. The fourth-order valence-electron chi connectivity index (χ4n) is 2.04. The van der Waals surface area contributed by atoms with Crippen molar-refractivity contribution in [1.82, 2.24) is 0 Å². The average Bonchev–Trinajstić information content (AvgIpc) is 2.32. The number of fused-ring (bicyclic) bond motifs is 1. The molecule has 1 aliphatic heterocycles. The second-order valence-electron chi connectivity index (χ2n) is 3.61. The lowest BCUT2D eigenvalue weighted by Gasteiger charge is -2.25. The Morgan fingerprint density at radius 1 is 1.36 bits per heavy atom. The maximum absolute atomic E-state index is 5.58. The maximum atomic E-state index is 5.58. The predicted octanol–water partition coefficient (Wildman–Crippen LogP) is 2.30. The molecule has 1 aliphatic carbocycles. The number of hydrogen-bond acceptors (Lipinski definition) is 1. The van der Waals surface area contributed by atoms with Crippen molar-refractivity contribution in [3.63, 3.8) is 0 Å². The molecule has 2 unspecified atom stereocenters. The molecule has 0 aromatic rings. The Balaban J connectivity index is 2.11. The van der Waals surface area contributed by atoms with Crippen LogP contribution in [0.15, 0.2) is 24.3 Å². The van der Waals surface area contributed by atoms with Gasteiger partial charge in [0, 0.05) is 5.92 Å². The minimum absolute atomic E-state index is 0.420. The fraction of sp³-hybridized carbons (Fsp3) is 0.600. The molecule has 2 atom stereocenters. The molecule has 0 amide bonds. The van der Waals surface area contributed by atoms with E-state index in [1.807, 2.05) is 0 Å². The van der Waals surface area contributed by atoms with Crippen molar-refractivity contribution in [3.8, 4) is 0 Å². The van der Waals surface area contributed by atoms with Crippen LogP contribution >= 0.6 is 0 Å². The second kappa shape index (κ2) is 2.49. The Labute approximate surface area is 67.7 Å². The van der Waals surface area contributed by atoms with E-state index in [2.05, 4.69) is 13.2 Å². The molecule has 1 saturated heterocycles. The van der Waals surface area contributed by atoms with Gasteiger partial charge in [0.1, 0.15) is 0 Å². The molecule has 2 aliphatic rings. The van der Waals surface area contributed by atoms with Crippen LogP contribution in [0.3, 0.4) is 0 Å². The van der Waals surface area contributed by atoms with Crippen LogP contribution in [-0.4, -0.2) is 12.7 Å². The smallest absolute Gasteiger partial charge is 0.0682 e. The first kappa shape index (κ1) is 7.11. The molecular weight excluding hydrogens is 136 g/mol. The summed E-state index contributed by atoms with van der Waals surface area (Å²) < 4.78 is 5.58. The minimum Gasteiger partial charge on any atom is -0.373 e. The van der Waals surface area contributed by atoms with Gasteiger partial charge in [-0.3, -0.25) is 0 Å². The zero-order valence-electron chi connectivity index (χ0n) is 6.81. The zero-order valence-corrected chi connectivity index (χ0v) is 6.81. The summed E-state index contributed by atoms with van der Waals surface area (Å²) in [4.78, 5) is 0. The molecule has 11 heavy (non-hydrogen) atoms. The minimum atomic E-state index is 0.420. The molecule has 1 heterocycles. The molecule has 1 nitrogen and oxygen atoms in total. The van der Waals surface area contributed by atoms with E-state index < -0.39 is 0 Å². The van der Waals surface area contributed by atoms with Gasteiger partial charge in [-0.1, -0.05) is 18.7 Å². The van der Waals surface area contributed by atoms with Gasteiger partial charge < -0.3 is 4.74 Å². The van der Waals surface area contributed by atoms with Gasteiger partial charge in [-0.15, -0.1) is 0 Å². The van der Waals surface area contributed by atoms with E-state index in [-0.39, 0.29) is 0 Å². The molecule has 2 fully saturated rings. The predicted molar refractivity (Wildman–Crippen MR) is 45.4 cm³/mol. The van der Waals surface area contributed by atoms with E-state index in [9.17, 15) is 0 Å².